The second-order valence-electron chi connectivity index (χ2n) is 6.82. The lowest BCUT2D eigenvalue weighted by Crippen LogP contribution is -2.55. The SMILES string of the molecule is CCC1CNC(C)CN1c1ccc(C(C)(C)C)cc1. The van der Waals surface area contributed by atoms with Crippen LogP contribution in [0.1, 0.15) is 46.6 Å². The van der Waals surface area contributed by atoms with Gasteiger partial charge in [0.05, 0.1) is 0 Å². The average molecular weight is 260 g/mol. The molecular weight excluding hydrogens is 232 g/mol. The minimum atomic E-state index is 0.236. The zero-order valence-corrected chi connectivity index (χ0v) is 13.0. The molecule has 0 amide bonds. The largest absolute Gasteiger partial charge is 0.366 e. The van der Waals surface area contributed by atoms with E-state index in [1.165, 1.54) is 17.7 Å². The Morgan fingerprint density at radius 1 is 1.21 bits per heavy atom. The van der Waals surface area contributed by atoms with E-state index in [1.54, 1.807) is 0 Å². The monoisotopic (exact) mass is 260 g/mol. The highest BCUT2D eigenvalue weighted by Gasteiger charge is 2.24. The minimum Gasteiger partial charge on any atom is -0.366 e. The fourth-order valence-corrected chi connectivity index (χ4v) is 2.79. The first-order valence-corrected chi connectivity index (χ1v) is 7.52. The Bertz CT molecular complexity index is 402. The van der Waals surface area contributed by atoms with Crippen LogP contribution in [0.25, 0.3) is 0 Å². The Morgan fingerprint density at radius 3 is 2.37 bits per heavy atom. The summed E-state index contributed by atoms with van der Waals surface area (Å²) < 4.78 is 0. The second-order valence-corrected chi connectivity index (χ2v) is 6.82. The maximum absolute atomic E-state index is 3.58. The van der Waals surface area contributed by atoms with E-state index in [9.17, 15) is 0 Å². The van der Waals surface area contributed by atoms with Gasteiger partial charge in [0.1, 0.15) is 0 Å². The molecule has 0 bridgehead atoms. The number of nitrogens with one attached hydrogen (secondary N) is 1. The molecule has 1 fully saturated rings. The lowest BCUT2D eigenvalue weighted by Gasteiger charge is -2.41. The number of piperazine rings is 1. The van der Waals surface area contributed by atoms with Gasteiger partial charge in [0, 0.05) is 30.9 Å². The quantitative estimate of drug-likeness (QED) is 0.874. The van der Waals surface area contributed by atoms with Crippen molar-refractivity contribution in [3.8, 4) is 0 Å². The van der Waals surface area contributed by atoms with Gasteiger partial charge >= 0.3 is 0 Å². The third-order valence-electron chi connectivity index (χ3n) is 4.15. The number of rotatable bonds is 2. The number of hydrogen-bond acceptors (Lipinski definition) is 2. The van der Waals surface area contributed by atoms with E-state index in [-0.39, 0.29) is 5.41 Å². The maximum atomic E-state index is 3.58. The van der Waals surface area contributed by atoms with Gasteiger partial charge in [-0.2, -0.15) is 0 Å². The van der Waals surface area contributed by atoms with Gasteiger partial charge in [-0.1, -0.05) is 39.8 Å². The number of nitrogens with zero attached hydrogens (tertiary/aromatic N) is 1. The van der Waals surface area contributed by atoms with Crippen LogP contribution in [0.2, 0.25) is 0 Å². The molecule has 2 unspecified atom stereocenters. The molecular formula is C17H28N2. The van der Waals surface area contributed by atoms with Crippen LogP contribution in [-0.4, -0.2) is 25.2 Å². The van der Waals surface area contributed by atoms with E-state index >= 15 is 0 Å². The summed E-state index contributed by atoms with van der Waals surface area (Å²) in [5, 5.41) is 3.58. The molecule has 2 nitrogen and oxygen atoms in total. The molecule has 1 aromatic rings. The molecule has 1 saturated heterocycles. The van der Waals surface area contributed by atoms with Crippen LogP contribution in [0, 0.1) is 0 Å². The van der Waals surface area contributed by atoms with Crippen molar-refractivity contribution in [2.45, 2.75) is 58.5 Å². The predicted molar refractivity (Wildman–Crippen MR) is 84.0 cm³/mol. The van der Waals surface area contributed by atoms with Gasteiger partial charge < -0.3 is 10.2 Å². The second kappa shape index (κ2) is 5.54. The Labute approximate surface area is 118 Å². The van der Waals surface area contributed by atoms with Crippen LogP contribution in [0.3, 0.4) is 0 Å². The summed E-state index contributed by atoms with van der Waals surface area (Å²) in [5.74, 6) is 0. The van der Waals surface area contributed by atoms with Gasteiger partial charge in [0.25, 0.3) is 0 Å². The summed E-state index contributed by atoms with van der Waals surface area (Å²) in [4.78, 5) is 2.56. The van der Waals surface area contributed by atoms with Crippen molar-refractivity contribution in [2.75, 3.05) is 18.0 Å². The summed E-state index contributed by atoms with van der Waals surface area (Å²) in [7, 11) is 0. The molecule has 0 aliphatic carbocycles. The van der Waals surface area contributed by atoms with Gasteiger partial charge in [-0.05, 0) is 36.5 Å². The highest BCUT2D eigenvalue weighted by molar-refractivity contribution is 5.50. The van der Waals surface area contributed by atoms with Crippen molar-refractivity contribution in [3.63, 3.8) is 0 Å². The van der Waals surface area contributed by atoms with Crippen LogP contribution in [0.5, 0.6) is 0 Å². The van der Waals surface area contributed by atoms with Crippen molar-refractivity contribution < 1.29 is 0 Å². The fraction of sp³-hybridized carbons (Fsp3) is 0.647. The molecule has 0 spiro atoms. The van der Waals surface area contributed by atoms with Crippen molar-refractivity contribution in [3.05, 3.63) is 29.8 Å². The lowest BCUT2D eigenvalue weighted by molar-refractivity contribution is 0.402. The molecule has 2 atom stereocenters. The standard InChI is InChI=1S/C17H28N2/c1-6-15-11-18-13(2)12-19(15)16-9-7-14(8-10-16)17(3,4)5/h7-10,13,15,18H,6,11-12H2,1-5H3. The predicted octanol–water partition coefficient (Wildman–Crippen LogP) is 3.56. The summed E-state index contributed by atoms with van der Waals surface area (Å²) in [6.07, 6.45) is 1.20. The Morgan fingerprint density at radius 2 is 1.84 bits per heavy atom. The Hall–Kier alpha value is -1.02. The van der Waals surface area contributed by atoms with E-state index in [4.69, 9.17) is 0 Å². The Balaban J connectivity index is 2.20. The third-order valence-corrected chi connectivity index (χ3v) is 4.15. The molecule has 1 aromatic carbocycles. The molecule has 19 heavy (non-hydrogen) atoms. The first kappa shape index (κ1) is 14.4. The van der Waals surface area contributed by atoms with Gasteiger partial charge in [0.15, 0.2) is 0 Å². The van der Waals surface area contributed by atoms with Gasteiger partial charge in [-0.15, -0.1) is 0 Å². The van der Waals surface area contributed by atoms with Crippen LogP contribution < -0.4 is 10.2 Å². The first-order chi connectivity index (χ1) is 8.91. The molecule has 1 aliphatic heterocycles. The zero-order valence-electron chi connectivity index (χ0n) is 13.0. The Kier molecular flexibility index (Phi) is 4.19. The van der Waals surface area contributed by atoms with E-state index in [0.29, 0.717) is 12.1 Å². The van der Waals surface area contributed by atoms with Crippen LogP contribution in [0.15, 0.2) is 24.3 Å². The zero-order chi connectivity index (χ0) is 14.0. The van der Waals surface area contributed by atoms with Crippen molar-refractivity contribution in [1.29, 1.82) is 0 Å². The normalized spacial score (nSPS) is 24.6. The highest BCUT2D eigenvalue weighted by Crippen LogP contribution is 2.27. The van der Waals surface area contributed by atoms with Crippen LogP contribution >= 0.6 is 0 Å². The summed E-state index contributed by atoms with van der Waals surface area (Å²) in [6.45, 7) is 13.5. The summed E-state index contributed by atoms with van der Waals surface area (Å²) in [6, 6.07) is 10.4. The average Bonchev–Trinajstić information content (AvgIpc) is 2.38. The number of anilines is 1. The molecule has 0 saturated carbocycles. The van der Waals surface area contributed by atoms with Gasteiger partial charge in [0.2, 0.25) is 0 Å². The lowest BCUT2D eigenvalue weighted by atomic mass is 9.87. The van der Waals surface area contributed by atoms with Gasteiger partial charge in [-0.25, -0.2) is 0 Å². The smallest absolute Gasteiger partial charge is 0.0412 e. The maximum Gasteiger partial charge on any atom is 0.0412 e. The summed E-state index contributed by atoms with van der Waals surface area (Å²) >= 11 is 0. The topological polar surface area (TPSA) is 15.3 Å². The summed E-state index contributed by atoms with van der Waals surface area (Å²) in [5.41, 5.74) is 3.01. The minimum absolute atomic E-state index is 0.236. The van der Waals surface area contributed by atoms with Crippen LogP contribution in [0.4, 0.5) is 5.69 Å². The highest BCUT2D eigenvalue weighted by atomic mass is 15.2. The van der Waals surface area contributed by atoms with Crippen molar-refractivity contribution >= 4 is 5.69 Å². The first-order valence-electron chi connectivity index (χ1n) is 7.52. The molecule has 0 aromatic heterocycles. The molecule has 0 radical (unpaired) electrons. The third kappa shape index (κ3) is 3.30. The van der Waals surface area contributed by atoms with Crippen molar-refractivity contribution in [1.82, 2.24) is 5.32 Å². The number of hydrogen-bond donors (Lipinski definition) is 1. The molecule has 1 N–H and O–H groups in total. The van der Waals surface area contributed by atoms with Crippen molar-refractivity contribution in [2.24, 2.45) is 0 Å². The molecule has 2 heteroatoms. The number of benzene rings is 1. The van der Waals surface area contributed by atoms with E-state index in [2.05, 4.69) is 69.1 Å². The fourth-order valence-electron chi connectivity index (χ4n) is 2.79. The molecule has 2 rings (SSSR count). The molecule has 106 valence electrons. The van der Waals surface area contributed by atoms with E-state index in [0.717, 1.165) is 13.1 Å². The van der Waals surface area contributed by atoms with Crippen LogP contribution in [-0.2, 0) is 5.41 Å². The molecule has 1 aliphatic rings. The van der Waals surface area contributed by atoms with E-state index < -0.39 is 0 Å². The molecule has 1 heterocycles. The van der Waals surface area contributed by atoms with Gasteiger partial charge in [-0.3, -0.25) is 0 Å². The van der Waals surface area contributed by atoms with E-state index in [1.807, 2.05) is 0 Å².